The molecule has 0 aliphatic carbocycles. The number of hydrogen-bond acceptors (Lipinski definition) is 5. The third-order valence-electron chi connectivity index (χ3n) is 5.43. The minimum absolute atomic E-state index is 0.0565. The van der Waals surface area contributed by atoms with Gasteiger partial charge in [-0.05, 0) is 43.0 Å². The highest BCUT2D eigenvalue weighted by Gasteiger charge is 2.22. The first-order chi connectivity index (χ1) is 14.2. The van der Waals surface area contributed by atoms with Crippen molar-refractivity contribution >= 4 is 33.2 Å². The number of fused-ring (bicyclic) bond motifs is 3. The van der Waals surface area contributed by atoms with E-state index in [1.54, 1.807) is 4.90 Å². The van der Waals surface area contributed by atoms with E-state index in [0.29, 0.717) is 12.6 Å². The van der Waals surface area contributed by atoms with E-state index in [-0.39, 0.29) is 11.3 Å². The van der Waals surface area contributed by atoms with Crippen LogP contribution < -0.4 is 0 Å². The van der Waals surface area contributed by atoms with Gasteiger partial charge in [0.25, 0.3) is 5.91 Å². The summed E-state index contributed by atoms with van der Waals surface area (Å²) in [5.74, 6) is 0.0565. The van der Waals surface area contributed by atoms with E-state index in [4.69, 9.17) is 9.72 Å². The summed E-state index contributed by atoms with van der Waals surface area (Å²) in [6, 6.07) is 6.42. The van der Waals surface area contributed by atoms with Crippen LogP contribution in [0.4, 0.5) is 0 Å². The van der Waals surface area contributed by atoms with Crippen molar-refractivity contribution in [3.8, 4) is 0 Å². The van der Waals surface area contributed by atoms with Crippen molar-refractivity contribution in [3.63, 3.8) is 0 Å². The summed E-state index contributed by atoms with van der Waals surface area (Å²) in [5.41, 5.74) is 3.34. The Morgan fingerprint density at radius 2 is 2.13 bits per heavy atom. The quantitative estimate of drug-likeness (QED) is 0.588. The molecule has 0 N–H and O–H groups in total. The molecule has 1 saturated heterocycles. The molecule has 30 heavy (non-hydrogen) atoms. The van der Waals surface area contributed by atoms with E-state index in [2.05, 4.69) is 55.3 Å². The maximum absolute atomic E-state index is 12.9. The van der Waals surface area contributed by atoms with Gasteiger partial charge in [-0.1, -0.05) is 38.2 Å². The van der Waals surface area contributed by atoms with Crippen LogP contribution in [0.3, 0.4) is 0 Å². The number of imidazole rings is 1. The normalized spacial score (nSPS) is 17.5. The standard InChI is InChI=1S/C23H32N4O2S/c1-23(2,3)15-26(5)21(28)20-14-27-19-11-16(8-9-18(19)24-22(27)30-20)12-25(4)13-17-7-6-10-29-17/h8-9,11,14,17H,6-7,10,12-13,15H2,1-5H3/t17-/m1/s1. The van der Waals surface area contributed by atoms with E-state index < -0.39 is 0 Å². The van der Waals surface area contributed by atoms with Crippen LogP contribution in [-0.4, -0.2) is 65.0 Å². The molecular weight excluding hydrogens is 396 g/mol. The number of hydrogen-bond donors (Lipinski definition) is 0. The molecule has 2 aromatic heterocycles. The number of likely N-dealkylation sites (N-methyl/N-ethyl adjacent to an activating group) is 1. The first kappa shape index (κ1) is 21.3. The van der Waals surface area contributed by atoms with Crippen molar-refractivity contribution in [2.24, 2.45) is 5.41 Å². The topological polar surface area (TPSA) is 50.1 Å². The van der Waals surface area contributed by atoms with Crippen molar-refractivity contribution in [2.45, 2.75) is 46.3 Å². The Kier molecular flexibility index (Phi) is 5.88. The molecule has 1 amide bonds. The molecule has 1 aromatic carbocycles. The fourth-order valence-corrected chi connectivity index (χ4v) is 5.23. The Labute approximate surface area is 182 Å². The molecule has 0 unspecified atom stereocenters. The highest BCUT2D eigenvalue weighted by Crippen LogP contribution is 2.26. The predicted molar refractivity (Wildman–Crippen MR) is 122 cm³/mol. The van der Waals surface area contributed by atoms with E-state index in [1.807, 2.05) is 13.2 Å². The van der Waals surface area contributed by atoms with Gasteiger partial charge >= 0.3 is 0 Å². The summed E-state index contributed by atoms with van der Waals surface area (Å²) in [4.78, 5) is 23.3. The zero-order valence-corrected chi connectivity index (χ0v) is 19.5. The first-order valence-corrected chi connectivity index (χ1v) is 11.5. The number of amides is 1. The zero-order chi connectivity index (χ0) is 21.5. The van der Waals surface area contributed by atoms with Gasteiger partial charge in [-0.2, -0.15) is 0 Å². The SMILES string of the molecule is CN(Cc1ccc2nc3sc(C(=O)N(C)CC(C)(C)C)cn3c2c1)C[C@H]1CCCO1. The molecule has 1 aliphatic rings. The molecule has 162 valence electrons. The number of ether oxygens (including phenoxy) is 1. The highest BCUT2D eigenvalue weighted by molar-refractivity contribution is 7.18. The van der Waals surface area contributed by atoms with Crippen LogP contribution >= 0.6 is 11.3 Å². The maximum Gasteiger partial charge on any atom is 0.265 e. The molecule has 4 rings (SSSR count). The number of rotatable bonds is 6. The molecule has 1 atom stereocenters. The molecule has 1 fully saturated rings. The summed E-state index contributed by atoms with van der Waals surface area (Å²) in [6.45, 7) is 9.86. The summed E-state index contributed by atoms with van der Waals surface area (Å²) in [6.07, 6.45) is 4.62. The van der Waals surface area contributed by atoms with Crippen LogP contribution in [0.5, 0.6) is 0 Å². The predicted octanol–water partition coefficient (Wildman–Crippen LogP) is 4.28. The maximum atomic E-state index is 12.9. The Hall–Kier alpha value is -1.96. The van der Waals surface area contributed by atoms with E-state index >= 15 is 0 Å². The van der Waals surface area contributed by atoms with Gasteiger partial charge in [0.05, 0.1) is 17.1 Å². The van der Waals surface area contributed by atoms with Gasteiger partial charge in [0.15, 0.2) is 4.96 Å². The molecule has 1 aliphatic heterocycles. The zero-order valence-electron chi connectivity index (χ0n) is 18.6. The molecule has 0 bridgehead atoms. The first-order valence-electron chi connectivity index (χ1n) is 10.7. The minimum Gasteiger partial charge on any atom is -0.377 e. The lowest BCUT2D eigenvalue weighted by Gasteiger charge is -2.26. The van der Waals surface area contributed by atoms with Crippen LogP contribution in [0.1, 0.15) is 48.8 Å². The Balaban J connectivity index is 1.54. The lowest BCUT2D eigenvalue weighted by atomic mass is 9.96. The molecule has 3 heterocycles. The largest absolute Gasteiger partial charge is 0.377 e. The van der Waals surface area contributed by atoms with Crippen molar-refractivity contribution < 1.29 is 9.53 Å². The van der Waals surface area contributed by atoms with Gasteiger partial charge in [-0.3, -0.25) is 14.1 Å². The molecular formula is C23H32N4O2S. The van der Waals surface area contributed by atoms with Crippen molar-refractivity contribution in [1.29, 1.82) is 0 Å². The van der Waals surface area contributed by atoms with Gasteiger partial charge in [0.2, 0.25) is 0 Å². The number of carbonyl (C=O) groups is 1. The van der Waals surface area contributed by atoms with E-state index in [1.165, 1.54) is 23.3 Å². The van der Waals surface area contributed by atoms with Crippen LogP contribution in [0, 0.1) is 5.41 Å². The smallest absolute Gasteiger partial charge is 0.265 e. The van der Waals surface area contributed by atoms with Crippen LogP contribution in [-0.2, 0) is 11.3 Å². The van der Waals surface area contributed by atoms with Crippen LogP contribution in [0.2, 0.25) is 0 Å². The lowest BCUT2D eigenvalue weighted by Crippen LogP contribution is -2.34. The van der Waals surface area contributed by atoms with E-state index in [0.717, 1.165) is 47.0 Å². The molecule has 3 aromatic rings. The fourth-order valence-electron chi connectivity index (χ4n) is 4.24. The minimum atomic E-state index is 0.0565. The van der Waals surface area contributed by atoms with E-state index in [9.17, 15) is 4.79 Å². The number of carbonyl (C=O) groups excluding carboxylic acids is 1. The molecule has 6 nitrogen and oxygen atoms in total. The van der Waals surface area contributed by atoms with Crippen molar-refractivity contribution in [2.75, 3.05) is 33.8 Å². The fraction of sp³-hybridized carbons (Fsp3) is 0.565. The number of benzene rings is 1. The molecule has 7 heteroatoms. The van der Waals surface area contributed by atoms with Crippen molar-refractivity contribution in [3.05, 3.63) is 34.8 Å². The lowest BCUT2D eigenvalue weighted by molar-refractivity contribution is 0.0750. The number of thiazole rings is 1. The third-order valence-corrected chi connectivity index (χ3v) is 6.40. The van der Waals surface area contributed by atoms with Gasteiger partial charge in [0.1, 0.15) is 4.88 Å². The Morgan fingerprint density at radius 1 is 1.33 bits per heavy atom. The van der Waals surface area contributed by atoms with Gasteiger partial charge in [-0.25, -0.2) is 4.98 Å². The highest BCUT2D eigenvalue weighted by atomic mass is 32.1. The second-order valence-corrected chi connectivity index (χ2v) is 10.7. The second kappa shape index (κ2) is 8.29. The summed E-state index contributed by atoms with van der Waals surface area (Å²) < 4.78 is 7.82. The van der Waals surface area contributed by atoms with Gasteiger partial charge < -0.3 is 9.64 Å². The Morgan fingerprint density at radius 3 is 2.83 bits per heavy atom. The second-order valence-electron chi connectivity index (χ2n) is 9.74. The summed E-state index contributed by atoms with van der Waals surface area (Å²) >= 11 is 1.46. The van der Waals surface area contributed by atoms with Crippen molar-refractivity contribution in [1.82, 2.24) is 19.2 Å². The summed E-state index contributed by atoms with van der Waals surface area (Å²) in [5, 5.41) is 0. The third kappa shape index (κ3) is 4.68. The molecule has 0 radical (unpaired) electrons. The Bertz CT molecular complexity index is 1040. The van der Waals surface area contributed by atoms with Crippen LogP contribution in [0.25, 0.3) is 16.0 Å². The monoisotopic (exact) mass is 428 g/mol. The average Bonchev–Trinajstić information content (AvgIpc) is 3.36. The van der Waals surface area contributed by atoms with Gasteiger partial charge in [-0.15, -0.1) is 0 Å². The molecule has 0 saturated carbocycles. The number of aromatic nitrogens is 2. The summed E-state index contributed by atoms with van der Waals surface area (Å²) in [7, 11) is 4.01. The van der Waals surface area contributed by atoms with Crippen LogP contribution in [0.15, 0.2) is 24.4 Å². The van der Waals surface area contributed by atoms with Gasteiger partial charge in [0, 0.05) is 39.5 Å². The molecule has 0 spiro atoms. The number of nitrogens with zero attached hydrogens (tertiary/aromatic N) is 4. The average molecular weight is 429 g/mol.